The van der Waals surface area contributed by atoms with Crippen LogP contribution in [0.15, 0.2) is 41.8 Å². The number of anilines is 2. The number of guanidine groups is 1. The van der Waals surface area contributed by atoms with Crippen LogP contribution in [0.25, 0.3) is 10.9 Å². The Balaban J connectivity index is 1.40. The summed E-state index contributed by atoms with van der Waals surface area (Å²) in [5.74, 6) is 1.57. The lowest BCUT2D eigenvalue weighted by atomic mass is 9.90. The maximum Gasteiger partial charge on any atom is 0.291 e. The zero-order valence-electron chi connectivity index (χ0n) is 20.5. The van der Waals surface area contributed by atoms with Gasteiger partial charge in [-0.25, -0.2) is 19.9 Å². The van der Waals surface area contributed by atoms with Crippen molar-refractivity contribution in [3.63, 3.8) is 0 Å². The van der Waals surface area contributed by atoms with E-state index in [4.69, 9.17) is 16.5 Å². The Hall–Kier alpha value is -4.02. The average molecular weight is 489 g/mol. The van der Waals surface area contributed by atoms with Crippen molar-refractivity contribution in [1.82, 2.24) is 24.8 Å². The fraction of sp³-hybridized carbons (Fsp3) is 0.440. The number of aryl methyl sites for hydroxylation is 1. The predicted molar refractivity (Wildman–Crippen MR) is 140 cm³/mol. The van der Waals surface area contributed by atoms with E-state index in [1.54, 1.807) is 23.5 Å². The minimum Gasteiger partial charge on any atom is -0.370 e. The van der Waals surface area contributed by atoms with Gasteiger partial charge in [0.15, 0.2) is 5.96 Å². The normalized spacial score (nSPS) is 20.2. The maximum atomic E-state index is 13.5. The summed E-state index contributed by atoms with van der Waals surface area (Å²) in [5.41, 5.74) is 13.2. The van der Waals surface area contributed by atoms with Crippen molar-refractivity contribution in [3.8, 4) is 0 Å². The topological polar surface area (TPSA) is 152 Å². The van der Waals surface area contributed by atoms with E-state index in [1.807, 2.05) is 25.1 Å². The van der Waals surface area contributed by atoms with Gasteiger partial charge in [-0.3, -0.25) is 9.78 Å². The first-order valence-corrected chi connectivity index (χ1v) is 12.4. The van der Waals surface area contributed by atoms with Crippen LogP contribution in [0.5, 0.6) is 0 Å². The Morgan fingerprint density at radius 2 is 1.89 bits per heavy atom. The highest BCUT2D eigenvalue weighted by Gasteiger charge is 2.28. The van der Waals surface area contributed by atoms with E-state index < -0.39 is 0 Å². The summed E-state index contributed by atoms with van der Waals surface area (Å²) in [6, 6.07) is 5.97. The molecule has 3 heterocycles. The lowest BCUT2D eigenvalue weighted by Gasteiger charge is -2.35. The number of hydrogen-bond acceptors (Lipinski definition) is 8. The van der Waals surface area contributed by atoms with E-state index in [9.17, 15) is 4.79 Å². The van der Waals surface area contributed by atoms with Crippen LogP contribution in [0, 0.1) is 6.92 Å². The lowest BCUT2D eigenvalue weighted by molar-refractivity contribution is 0.0734. The van der Waals surface area contributed by atoms with Gasteiger partial charge in [-0.1, -0.05) is 24.5 Å². The average Bonchev–Trinajstić information content (AvgIpc) is 2.90. The molecule has 1 aliphatic carbocycles. The largest absolute Gasteiger partial charge is 0.370 e. The van der Waals surface area contributed by atoms with Gasteiger partial charge in [-0.05, 0) is 31.9 Å². The Labute approximate surface area is 210 Å². The molecule has 1 aromatic carbocycles. The summed E-state index contributed by atoms with van der Waals surface area (Å²) in [6.45, 7) is 4.49. The Kier molecular flexibility index (Phi) is 6.79. The molecule has 2 aromatic heterocycles. The van der Waals surface area contributed by atoms with E-state index in [0.29, 0.717) is 32.0 Å². The second-order valence-corrected chi connectivity index (χ2v) is 9.42. The highest BCUT2D eigenvalue weighted by Crippen LogP contribution is 2.28. The fourth-order valence-corrected chi connectivity index (χ4v) is 4.98. The summed E-state index contributed by atoms with van der Waals surface area (Å²) in [5, 5.41) is 4.45. The molecule has 2 unspecified atom stereocenters. The first kappa shape index (κ1) is 23.7. The molecule has 1 aliphatic heterocycles. The van der Waals surface area contributed by atoms with Crippen molar-refractivity contribution in [2.45, 2.75) is 44.7 Å². The van der Waals surface area contributed by atoms with Gasteiger partial charge >= 0.3 is 0 Å². The molecule has 5 N–H and O–H groups in total. The lowest BCUT2D eigenvalue weighted by Crippen LogP contribution is -2.49. The monoisotopic (exact) mass is 488 g/mol. The van der Waals surface area contributed by atoms with Crippen molar-refractivity contribution < 1.29 is 4.79 Å². The quantitative estimate of drug-likeness (QED) is 0.360. The number of carbonyl (C=O) groups excluding carboxylic acids is 1. The number of nitrogens with one attached hydrogen (secondary N) is 1. The van der Waals surface area contributed by atoms with Crippen molar-refractivity contribution in [2.24, 2.45) is 16.5 Å². The van der Waals surface area contributed by atoms with E-state index >= 15 is 0 Å². The number of nitrogens with zero attached hydrogens (tertiary/aromatic N) is 7. The Morgan fingerprint density at radius 1 is 1.08 bits per heavy atom. The predicted octanol–water partition coefficient (Wildman–Crippen LogP) is 1.69. The molecule has 0 radical (unpaired) electrons. The van der Waals surface area contributed by atoms with Crippen molar-refractivity contribution in [1.29, 1.82) is 0 Å². The number of fused-ring (bicyclic) bond motifs is 1. The molecule has 1 amide bonds. The molecule has 2 atom stereocenters. The van der Waals surface area contributed by atoms with Gasteiger partial charge in [0.25, 0.3) is 5.91 Å². The summed E-state index contributed by atoms with van der Waals surface area (Å²) < 4.78 is 0. The molecule has 36 heavy (non-hydrogen) atoms. The molecule has 2 fully saturated rings. The first-order valence-electron chi connectivity index (χ1n) is 12.4. The molecule has 11 nitrogen and oxygen atoms in total. The molecule has 188 valence electrons. The number of piperazine rings is 1. The third-order valence-corrected chi connectivity index (χ3v) is 6.85. The van der Waals surface area contributed by atoms with Crippen LogP contribution >= 0.6 is 0 Å². The van der Waals surface area contributed by atoms with Gasteiger partial charge in [-0.15, -0.1) is 0 Å². The van der Waals surface area contributed by atoms with Gasteiger partial charge in [-0.2, -0.15) is 0 Å². The molecule has 5 rings (SSSR count). The molecule has 3 aromatic rings. The summed E-state index contributed by atoms with van der Waals surface area (Å²) >= 11 is 0. The second-order valence-electron chi connectivity index (χ2n) is 9.42. The van der Waals surface area contributed by atoms with E-state index in [1.165, 1.54) is 0 Å². The minimum absolute atomic E-state index is 0.0259. The van der Waals surface area contributed by atoms with Crippen LogP contribution in [0.4, 0.5) is 11.6 Å². The Morgan fingerprint density at radius 3 is 2.64 bits per heavy atom. The summed E-state index contributed by atoms with van der Waals surface area (Å²) in [6.07, 6.45) is 9.05. The SMILES string of the molecule is Cc1ccc2nc(C(=O)N3CCN(c4cnccn4)CC3)nc(NC3CCCCC3N=C(N)N)c2c1. The van der Waals surface area contributed by atoms with Crippen molar-refractivity contribution in [3.05, 3.63) is 48.2 Å². The van der Waals surface area contributed by atoms with Crippen LogP contribution in [0.1, 0.15) is 41.9 Å². The molecule has 2 aliphatic rings. The molecule has 11 heteroatoms. The second kappa shape index (κ2) is 10.3. The molecular weight excluding hydrogens is 456 g/mol. The summed E-state index contributed by atoms with van der Waals surface area (Å²) in [4.78, 5) is 39.7. The van der Waals surface area contributed by atoms with Crippen molar-refractivity contribution in [2.75, 3.05) is 36.4 Å². The molecule has 1 saturated carbocycles. The van der Waals surface area contributed by atoms with E-state index in [-0.39, 0.29) is 29.8 Å². The van der Waals surface area contributed by atoms with Gasteiger partial charge in [0.2, 0.25) is 5.82 Å². The molecule has 0 spiro atoms. The third kappa shape index (κ3) is 5.14. The third-order valence-electron chi connectivity index (χ3n) is 6.85. The zero-order valence-corrected chi connectivity index (χ0v) is 20.5. The summed E-state index contributed by atoms with van der Waals surface area (Å²) in [7, 11) is 0. The molecule has 1 saturated heterocycles. The van der Waals surface area contributed by atoms with E-state index in [0.717, 1.165) is 48.0 Å². The number of nitrogens with two attached hydrogens (primary N) is 2. The first-order chi connectivity index (χ1) is 17.5. The highest BCUT2D eigenvalue weighted by atomic mass is 16.2. The van der Waals surface area contributed by atoms with Crippen LogP contribution in [0.3, 0.4) is 0 Å². The standard InChI is InChI=1S/C25H32N10O/c1-16-6-7-18-17(14-16)22(31-19-4-2-3-5-20(19)32-25(26)27)33-23(30-18)24(36)35-12-10-34(11-13-35)21-15-28-8-9-29-21/h6-9,14-15,19-20H,2-5,10-13H2,1H3,(H4,26,27,32)(H,30,31,33). The molecular formula is C25H32N10O. The number of hydrogen-bond donors (Lipinski definition) is 3. The van der Waals surface area contributed by atoms with Crippen molar-refractivity contribution >= 4 is 34.4 Å². The number of aromatic nitrogens is 4. The van der Waals surface area contributed by atoms with Crippen LogP contribution in [0.2, 0.25) is 0 Å². The number of rotatable bonds is 5. The number of carbonyl (C=O) groups is 1. The van der Waals surface area contributed by atoms with Gasteiger partial charge in [0.1, 0.15) is 11.6 Å². The Bertz CT molecular complexity index is 1250. The van der Waals surface area contributed by atoms with Crippen LogP contribution in [-0.4, -0.2) is 75.0 Å². The number of amides is 1. The van der Waals surface area contributed by atoms with Crippen LogP contribution < -0.4 is 21.7 Å². The van der Waals surface area contributed by atoms with Gasteiger partial charge in [0.05, 0.1) is 23.8 Å². The highest BCUT2D eigenvalue weighted by molar-refractivity contribution is 5.97. The van der Waals surface area contributed by atoms with E-state index in [2.05, 4.69) is 30.2 Å². The number of aliphatic imine (C=N–C) groups is 1. The van der Waals surface area contributed by atoms with Gasteiger partial charge < -0.3 is 26.6 Å². The number of benzene rings is 1. The van der Waals surface area contributed by atoms with Gasteiger partial charge in [0, 0.05) is 44.0 Å². The fourth-order valence-electron chi connectivity index (χ4n) is 4.98. The zero-order chi connectivity index (χ0) is 25.1. The van der Waals surface area contributed by atoms with Crippen LogP contribution in [-0.2, 0) is 0 Å². The smallest absolute Gasteiger partial charge is 0.291 e. The minimum atomic E-state index is -0.177. The maximum absolute atomic E-state index is 13.5. The molecule has 0 bridgehead atoms.